The van der Waals surface area contributed by atoms with Crippen molar-refractivity contribution in [1.82, 2.24) is 9.80 Å². The summed E-state index contributed by atoms with van der Waals surface area (Å²) in [5.41, 5.74) is 0.295. The number of nitrogens with one attached hydrogen (secondary N) is 1. The van der Waals surface area contributed by atoms with Crippen molar-refractivity contribution in [3.05, 3.63) is 17.0 Å². The van der Waals surface area contributed by atoms with Crippen molar-refractivity contribution in [1.29, 1.82) is 5.26 Å². The molecule has 2 rings (SSSR count). The van der Waals surface area contributed by atoms with Crippen LogP contribution < -0.4 is 5.32 Å². The fourth-order valence-corrected chi connectivity index (χ4v) is 2.76. The summed E-state index contributed by atoms with van der Waals surface area (Å²) in [7, 11) is 0. The Bertz CT molecular complexity index is 706. The molecule has 1 saturated heterocycles. The third-order valence-corrected chi connectivity index (χ3v) is 4.04. The van der Waals surface area contributed by atoms with E-state index in [1.807, 2.05) is 13.0 Å². The number of thiophene rings is 1. The molecule has 0 aliphatic carbocycles. The van der Waals surface area contributed by atoms with E-state index in [1.54, 1.807) is 11.4 Å². The van der Waals surface area contributed by atoms with Crippen LogP contribution >= 0.6 is 11.3 Å². The van der Waals surface area contributed by atoms with Gasteiger partial charge in [0.25, 0.3) is 0 Å². The number of urea groups is 1. The van der Waals surface area contributed by atoms with Crippen molar-refractivity contribution >= 4 is 40.1 Å². The highest BCUT2D eigenvalue weighted by Gasteiger charge is 2.44. The Kier molecular flexibility index (Phi) is 5.08. The van der Waals surface area contributed by atoms with Crippen molar-refractivity contribution in [3.8, 4) is 6.07 Å². The third kappa shape index (κ3) is 3.37. The number of hydrogen-bond acceptors (Lipinski definition) is 6. The number of rotatable bonds is 6. The predicted molar refractivity (Wildman–Crippen MR) is 81.4 cm³/mol. The van der Waals surface area contributed by atoms with Crippen LogP contribution in [0, 0.1) is 11.3 Å². The summed E-state index contributed by atoms with van der Waals surface area (Å²) in [5, 5.41) is 13.3. The van der Waals surface area contributed by atoms with Gasteiger partial charge in [-0.15, -0.1) is 11.3 Å². The molecular formula is C14H14N4O4S. The largest absolute Gasteiger partial charge is 0.334 e. The zero-order chi connectivity index (χ0) is 17.0. The second kappa shape index (κ2) is 7.02. The highest BCUT2D eigenvalue weighted by atomic mass is 32.1. The van der Waals surface area contributed by atoms with Crippen molar-refractivity contribution in [2.45, 2.75) is 19.8 Å². The van der Waals surface area contributed by atoms with Gasteiger partial charge >= 0.3 is 17.8 Å². The number of carbonyl (C=O) groups is 4. The number of anilines is 1. The van der Waals surface area contributed by atoms with E-state index in [0.717, 1.165) is 22.7 Å². The van der Waals surface area contributed by atoms with Gasteiger partial charge in [-0.2, -0.15) is 5.26 Å². The zero-order valence-corrected chi connectivity index (χ0v) is 13.2. The minimum absolute atomic E-state index is 0.154. The lowest BCUT2D eigenvalue weighted by molar-refractivity contribution is -0.143. The first-order valence-corrected chi connectivity index (χ1v) is 7.82. The molecule has 1 aromatic rings. The molecule has 0 radical (unpaired) electrons. The molecule has 8 nitrogen and oxygen atoms in total. The molecule has 0 saturated carbocycles. The van der Waals surface area contributed by atoms with Gasteiger partial charge in [0.2, 0.25) is 5.91 Å². The summed E-state index contributed by atoms with van der Waals surface area (Å²) in [5.74, 6) is -2.56. The molecule has 120 valence electrons. The van der Waals surface area contributed by atoms with E-state index in [-0.39, 0.29) is 6.54 Å². The van der Waals surface area contributed by atoms with Gasteiger partial charge in [-0.25, -0.2) is 9.69 Å². The number of nitrogens with zero attached hydrogens (tertiary/aromatic N) is 3. The average Bonchev–Trinajstić information content (AvgIpc) is 3.05. The van der Waals surface area contributed by atoms with Crippen LogP contribution in [0.3, 0.4) is 0 Å². The molecule has 1 aromatic heterocycles. The summed E-state index contributed by atoms with van der Waals surface area (Å²) < 4.78 is 0. The van der Waals surface area contributed by atoms with Crippen molar-refractivity contribution in [3.63, 3.8) is 0 Å². The lowest BCUT2D eigenvalue weighted by Crippen LogP contribution is -2.39. The molecule has 0 atom stereocenters. The van der Waals surface area contributed by atoms with Crippen LogP contribution in [0.2, 0.25) is 0 Å². The zero-order valence-electron chi connectivity index (χ0n) is 12.4. The van der Waals surface area contributed by atoms with Gasteiger partial charge in [-0.3, -0.25) is 19.3 Å². The maximum absolute atomic E-state index is 12.1. The standard InChI is InChI=1S/C14H14N4O4S/c1-2-3-5-17-12(20)13(21)18(14(17)22)8-10(19)16-11-9(7-15)4-6-23-11/h4,6H,2-3,5,8H2,1H3,(H,16,19). The third-order valence-electron chi connectivity index (χ3n) is 3.21. The normalized spacial score (nSPS) is 14.3. The maximum Gasteiger partial charge on any atom is 0.334 e. The van der Waals surface area contributed by atoms with Gasteiger partial charge in [-0.1, -0.05) is 13.3 Å². The Morgan fingerprint density at radius 1 is 1.30 bits per heavy atom. The van der Waals surface area contributed by atoms with E-state index in [4.69, 9.17) is 5.26 Å². The number of nitriles is 1. The van der Waals surface area contributed by atoms with Crippen LogP contribution in [0.5, 0.6) is 0 Å². The first kappa shape index (κ1) is 16.6. The van der Waals surface area contributed by atoms with Gasteiger partial charge in [0, 0.05) is 6.54 Å². The van der Waals surface area contributed by atoms with E-state index < -0.39 is 30.3 Å². The second-order valence-electron chi connectivity index (χ2n) is 4.81. The molecule has 0 bridgehead atoms. The van der Waals surface area contributed by atoms with Crippen LogP contribution in [0.4, 0.5) is 9.80 Å². The summed E-state index contributed by atoms with van der Waals surface area (Å²) in [4.78, 5) is 49.1. The molecule has 5 amide bonds. The van der Waals surface area contributed by atoms with E-state index in [2.05, 4.69) is 5.32 Å². The van der Waals surface area contributed by atoms with Gasteiger partial charge in [0.15, 0.2) is 0 Å². The molecule has 23 heavy (non-hydrogen) atoms. The molecule has 1 aliphatic heterocycles. The lowest BCUT2D eigenvalue weighted by Gasteiger charge is -2.14. The monoisotopic (exact) mass is 334 g/mol. The lowest BCUT2D eigenvalue weighted by atomic mass is 10.3. The highest BCUT2D eigenvalue weighted by molar-refractivity contribution is 7.14. The minimum Gasteiger partial charge on any atom is -0.315 e. The number of imide groups is 2. The molecular weight excluding hydrogens is 320 g/mol. The van der Waals surface area contributed by atoms with Crippen LogP contribution in [-0.4, -0.2) is 46.6 Å². The molecule has 0 aromatic carbocycles. The molecule has 0 spiro atoms. The topological polar surface area (TPSA) is 111 Å². The van der Waals surface area contributed by atoms with Gasteiger partial charge in [-0.05, 0) is 17.9 Å². The van der Waals surface area contributed by atoms with Crippen molar-refractivity contribution in [2.75, 3.05) is 18.4 Å². The quantitative estimate of drug-likeness (QED) is 0.620. The minimum atomic E-state index is -1.01. The molecule has 1 fully saturated rings. The Hall–Kier alpha value is -2.73. The molecule has 0 unspecified atom stereocenters. The first-order chi connectivity index (χ1) is 11.0. The predicted octanol–water partition coefficient (Wildman–Crippen LogP) is 1.15. The van der Waals surface area contributed by atoms with E-state index in [9.17, 15) is 19.2 Å². The van der Waals surface area contributed by atoms with E-state index in [0.29, 0.717) is 21.9 Å². The fraction of sp³-hybridized carbons (Fsp3) is 0.357. The summed E-state index contributed by atoms with van der Waals surface area (Å²) in [6.45, 7) is 1.49. The van der Waals surface area contributed by atoms with Gasteiger partial charge in [0.05, 0.1) is 5.56 Å². The molecule has 1 N–H and O–H groups in total. The smallest absolute Gasteiger partial charge is 0.315 e. The molecule has 2 heterocycles. The number of hydrogen-bond donors (Lipinski definition) is 1. The number of unbranched alkanes of at least 4 members (excludes halogenated alkanes) is 1. The highest BCUT2D eigenvalue weighted by Crippen LogP contribution is 2.22. The van der Waals surface area contributed by atoms with Crippen LogP contribution in [0.15, 0.2) is 11.4 Å². The first-order valence-electron chi connectivity index (χ1n) is 6.94. The Morgan fingerprint density at radius 3 is 2.65 bits per heavy atom. The van der Waals surface area contributed by atoms with Crippen LogP contribution in [0.25, 0.3) is 0 Å². The molecule has 1 aliphatic rings. The number of carbonyl (C=O) groups excluding carboxylic acids is 4. The Labute approximate surface area is 136 Å². The molecule has 9 heteroatoms. The van der Waals surface area contributed by atoms with Crippen molar-refractivity contribution < 1.29 is 19.2 Å². The van der Waals surface area contributed by atoms with Crippen molar-refractivity contribution in [2.24, 2.45) is 0 Å². The van der Waals surface area contributed by atoms with Gasteiger partial charge < -0.3 is 5.32 Å². The average molecular weight is 334 g/mol. The van der Waals surface area contributed by atoms with Crippen LogP contribution in [0.1, 0.15) is 25.3 Å². The summed E-state index contributed by atoms with van der Waals surface area (Å²) >= 11 is 1.15. The fourth-order valence-electron chi connectivity index (χ4n) is 2.01. The summed E-state index contributed by atoms with van der Waals surface area (Å²) in [6, 6.07) is 2.68. The summed E-state index contributed by atoms with van der Waals surface area (Å²) in [6.07, 6.45) is 1.35. The SMILES string of the molecule is CCCCN1C(=O)C(=O)N(CC(=O)Nc2sccc2C#N)C1=O. The van der Waals surface area contributed by atoms with E-state index >= 15 is 0 Å². The van der Waals surface area contributed by atoms with Gasteiger partial charge in [0.1, 0.15) is 17.6 Å². The Morgan fingerprint density at radius 2 is 2.00 bits per heavy atom. The second-order valence-corrected chi connectivity index (χ2v) is 5.72. The van der Waals surface area contributed by atoms with E-state index in [1.165, 1.54) is 0 Å². The maximum atomic E-state index is 12.1. The van der Waals surface area contributed by atoms with Crippen LogP contribution in [-0.2, 0) is 14.4 Å². The Balaban J connectivity index is 2.03. The number of amides is 5.